The Morgan fingerprint density at radius 1 is 0.810 bits per heavy atom. The number of aliphatic carboxylic acids is 1. The molecule has 122 valence electrons. The van der Waals surface area contributed by atoms with Crippen molar-refractivity contribution >= 4 is 5.97 Å². The first-order valence-corrected chi connectivity index (χ1v) is 8.47. The van der Waals surface area contributed by atoms with Gasteiger partial charge >= 0.3 is 5.97 Å². The number of carboxylic acids is 1. The molecule has 0 aliphatic heterocycles. The highest BCUT2D eigenvalue weighted by atomic mass is 16.4. The van der Waals surface area contributed by atoms with Crippen molar-refractivity contribution in [3.8, 4) is 0 Å². The maximum atomic E-state index is 10.3. The van der Waals surface area contributed by atoms with Gasteiger partial charge in [-0.2, -0.15) is 0 Å². The lowest BCUT2D eigenvalue weighted by Gasteiger charge is -2.01. The van der Waals surface area contributed by atoms with E-state index in [9.17, 15) is 4.79 Å². The van der Waals surface area contributed by atoms with Gasteiger partial charge in [0.1, 0.15) is 0 Å². The van der Waals surface area contributed by atoms with E-state index in [1.807, 2.05) is 6.08 Å². The van der Waals surface area contributed by atoms with Crippen LogP contribution in [-0.2, 0) is 4.79 Å². The van der Waals surface area contributed by atoms with Crippen LogP contribution in [0.25, 0.3) is 0 Å². The lowest BCUT2D eigenvalue weighted by Crippen LogP contribution is -1.97. The third kappa shape index (κ3) is 15.0. The van der Waals surface area contributed by atoms with Crippen LogP contribution in [0.4, 0.5) is 0 Å². The Morgan fingerprint density at radius 2 is 1.29 bits per heavy atom. The summed E-state index contributed by atoms with van der Waals surface area (Å²) in [6.45, 7) is 2.25. The maximum Gasteiger partial charge on any atom is 0.370 e. The highest BCUT2D eigenvalue weighted by Gasteiger charge is 1.99. The number of hydrogen-bond donors (Lipinski definition) is 2. The van der Waals surface area contributed by atoms with Gasteiger partial charge in [0, 0.05) is 0 Å². The molecule has 21 heavy (non-hydrogen) atoms. The Kier molecular flexibility index (Phi) is 14.2. The molecule has 0 bridgehead atoms. The predicted molar refractivity (Wildman–Crippen MR) is 88.6 cm³/mol. The van der Waals surface area contributed by atoms with Crippen molar-refractivity contribution in [1.82, 2.24) is 0 Å². The molecule has 0 aliphatic rings. The molecule has 0 aliphatic carbocycles. The first-order valence-electron chi connectivity index (χ1n) is 8.47. The van der Waals surface area contributed by atoms with Gasteiger partial charge in [-0.25, -0.2) is 4.79 Å². The molecule has 0 unspecified atom stereocenters. The SMILES string of the molecule is CCCCCCCCCCCCCC=CC=C(O)C(=O)O. The second-order valence-corrected chi connectivity index (χ2v) is 5.61. The van der Waals surface area contributed by atoms with Crippen LogP contribution >= 0.6 is 0 Å². The van der Waals surface area contributed by atoms with Gasteiger partial charge in [0.2, 0.25) is 5.76 Å². The molecule has 0 atom stereocenters. The first kappa shape index (κ1) is 19.8. The van der Waals surface area contributed by atoms with Crippen molar-refractivity contribution in [3.63, 3.8) is 0 Å². The van der Waals surface area contributed by atoms with Crippen molar-refractivity contribution in [2.24, 2.45) is 0 Å². The van der Waals surface area contributed by atoms with Crippen LogP contribution in [0.3, 0.4) is 0 Å². The van der Waals surface area contributed by atoms with E-state index in [2.05, 4.69) is 6.92 Å². The molecule has 0 aromatic carbocycles. The van der Waals surface area contributed by atoms with Crippen molar-refractivity contribution in [2.75, 3.05) is 0 Å². The standard InChI is InChI=1S/C18H32O3/c1-2-3-4-5-6-7-8-9-10-11-12-13-14-15-16-17(19)18(20)21/h14-16,19H,2-13H2,1H3,(H,20,21). The van der Waals surface area contributed by atoms with Crippen molar-refractivity contribution < 1.29 is 15.0 Å². The highest BCUT2D eigenvalue weighted by Crippen LogP contribution is 2.12. The average molecular weight is 296 g/mol. The van der Waals surface area contributed by atoms with E-state index in [-0.39, 0.29) is 0 Å². The number of aliphatic hydroxyl groups is 1. The Morgan fingerprint density at radius 3 is 1.76 bits per heavy atom. The molecule has 0 aromatic heterocycles. The smallest absolute Gasteiger partial charge is 0.370 e. The van der Waals surface area contributed by atoms with E-state index < -0.39 is 11.7 Å². The number of unbranched alkanes of at least 4 members (excludes halogenated alkanes) is 11. The zero-order valence-electron chi connectivity index (χ0n) is 13.5. The van der Waals surface area contributed by atoms with E-state index in [4.69, 9.17) is 10.2 Å². The molecule has 0 amide bonds. The lowest BCUT2D eigenvalue weighted by molar-refractivity contribution is -0.135. The predicted octanol–water partition coefficient (Wildman–Crippen LogP) is 5.77. The topological polar surface area (TPSA) is 57.5 Å². The molecule has 0 aromatic rings. The molecular formula is C18H32O3. The van der Waals surface area contributed by atoms with Gasteiger partial charge in [0.15, 0.2) is 0 Å². The van der Waals surface area contributed by atoms with Crippen LogP contribution in [0.1, 0.15) is 84.0 Å². The fraction of sp³-hybridized carbons (Fsp3) is 0.722. The van der Waals surface area contributed by atoms with Gasteiger partial charge < -0.3 is 10.2 Å². The molecule has 0 rings (SSSR count). The molecule has 0 fully saturated rings. The molecule has 0 heterocycles. The summed E-state index contributed by atoms with van der Waals surface area (Å²) >= 11 is 0. The molecule has 2 N–H and O–H groups in total. The second kappa shape index (κ2) is 15.1. The molecule has 0 saturated carbocycles. The Labute approximate surface area is 129 Å². The van der Waals surface area contributed by atoms with Crippen LogP contribution in [-0.4, -0.2) is 16.2 Å². The van der Waals surface area contributed by atoms with Crippen LogP contribution in [0.2, 0.25) is 0 Å². The van der Waals surface area contributed by atoms with Crippen LogP contribution < -0.4 is 0 Å². The van der Waals surface area contributed by atoms with Gasteiger partial charge in [0.25, 0.3) is 0 Å². The summed E-state index contributed by atoms with van der Waals surface area (Å²) in [6, 6.07) is 0. The Balaban J connectivity index is 3.24. The van der Waals surface area contributed by atoms with Gasteiger partial charge in [-0.1, -0.05) is 83.3 Å². The monoisotopic (exact) mass is 296 g/mol. The Bertz CT molecular complexity index is 306. The van der Waals surface area contributed by atoms with Gasteiger partial charge in [0.05, 0.1) is 0 Å². The van der Waals surface area contributed by atoms with Crippen LogP contribution in [0.15, 0.2) is 24.0 Å². The summed E-state index contributed by atoms with van der Waals surface area (Å²) in [5, 5.41) is 17.4. The van der Waals surface area contributed by atoms with E-state index >= 15 is 0 Å². The van der Waals surface area contributed by atoms with Gasteiger partial charge in [-0.15, -0.1) is 0 Å². The largest absolute Gasteiger partial charge is 0.502 e. The van der Waals surface area contributed by atoms with E-state index in [0.29, 0.717) is 0 Å². The van der Waals surface area contributed by atoms with Crippen molar-refractivity contribution in [1.29, 1.82) is 0 Å². The number of rotatable bonds is 14. The summed E-state index contributed by atoms with van der Waals surface area (Å²) in [7, 11) is 0. The highest BCUT2D eigenvalue weighted by molar-refractivity contribution is 5.83. The zero-order valence-corrected chi connectivity index (χ0v) is 13.5. The number of hydrogen-bond acceptors (Lipinski definition) is 2. The minimum atomic E-state index is -1.28. The molecule has 0 saturated heterocycles. The Hall–Kier alpha value is -1.25. The summed E-state index contributed by atoms with van der Waals surface area (Å²) in [6.07, 6.45) is 20.3. The average Bonchev–Trinajstić information content (AvgIpc) is 2.47. The van der Waals surface area contributed by atoms with Crippen LogP contribution in [0, 0.1) is 0 Å². The summed E-state index contributed by atoms with van der Waals surface area (Å²) in [5.41, 5.74) is 0. The summed E-state index contributed by atoms with van der Waals surface area (Å²) < 4.78 is 0. The van der Waals surface area contributed by atoms with E-state index in [0.717, 1.165) is 12.8 Å². The third-order valence-electron chi connectivity index (χ3n) is 3.58. The second-order valence-electron chi connectivity index (χ2n) is 5.61. The van der Waals surface area contributed by atoms with E-state index in [1.165, 1.54) is 70.3 Å². The maximum absolute atomic E-state index is 10.3. The van der Waals surface area contributed by atoms with Crippen molar-refractivity contribution in [2.45, 2.75) is 84.0 Å². The van der Waals surface area contributed by atoms with E-state index in [1.54, 1.807) is 6.08 Å². The fourth-order valence-corrected chi connectivity index (χ4v) is 2.25. The normalized spacial score (nSPS) is 12.1. The molecule has 0 radical (unpaired) electrons. The minimum absolute atomic E-state index is 0.606. The molecule has 3 nitrogen and oxygen atoms in total. The summed E-state index contributed by atoms with van der Waals surface area (Å²) in [4.78, 5) is 10.3. The summed E-state index contributed by atoms with van der Waals surface area (Å²) in [5.74, 6) is -1.89. The minimum Gasteiger partial charge on any atom is -0.502 e. The quantitative estimate of drug-likeness (QED) is 0.185. The number of aliphatic hydroxyl groups excluding tert-OH is 1. The first-order chi connectivity index (χ1) is 10.2. The molecule has 0 spiro atoms. The van der Waals surface area contributed by atoms with Crippen LogP contribution in [0.5, 0.6) is 0 Å². The molecule has 3 heteroatoms. The number of carboxylic acid groups (broad SMARTS) is 1. The van der Waals surface area contributed by atoms with Crippen molar-refractivity contribution in [3.05, 3.63) is 24.0 Å². The third-order valence-corrected chi connectivity index (χ3v) is 3.58. The number of allylic oxidation sites excluding steroid dienone is 3. The number of carbonyl (C=O) groups is 1. The van der Waals surface area contributed by atoms with Gasteiger partial charge in [-0.05, 0) is 18.9 Å². The molecular weight excluding hydrogens is 264 g/mol. The van der Waals surface area contributed by atoms with Gasteiger partial charge in [-0.3, -0.25) is 0 Å². The zero-order chi connectivity index (χ0) is 15.8. The lowest BCUT2D eigenvalue weighted by atomic mass is 10.1. The fourth-order valence-electron chi connectivity index (χ4n) is 2.25.